The fraction of sp³-hybridized carbons (Fsp3) is 0.556. The van der Waals surface area contributed by atoms with E-state index in [2.05, 4.69) is 4.72 Å². The fourth-order valence-electron chi connectivity index (χ4n) is 1.08. The monoisotopic (exact) mass is 283 g/mol. The third kappa shape index (κ3) is 3.71. The van der Waals surface area contributed by atoms with Crippen molar-refractivity contribution in [1.82, 2.24) is 4.72 Å². The first-order valence-corrected chi connectivity index (χ1v) is 7.51. The lowest BCUT2D eigenvalue weighted by Crippen LogP contribution is -2.24. The molecule has 0 aromatic carbocycles. The number of nitrogens with one attached hydrogen (secondary N) is 1. The third-order valence-corrected chi connectivity index (χ3v) is 5.47. The van der Waals surface area contributed by atoms with E-state index in [0.29, 0.717) is 23.7 Å². The van der Waals surface area contributed by atoms with Crippen molar-refractivity contribution >= 4 is 33.0 Å². The van der Waals surface area contributed by atoms with E-state index < -0.39 is 10.0 Å². The zero-order chi connectivity index (χ0) is 12.2. The highest BCUT2D eigenvalue weighted by atomic mass is 35.5. The van der Waals surface area contributed by atoms with Gasteiger partial charge in [0, 0.05) is 13.2 Å². The van der Waals surface area contributed by atoms with E-state index in [1.165, 1.54) is 0 Å². The highest BCUT2D eigenvalue weighted by molar-refractivity contribution is 7.91. The first kappa shape index (κ1) is 13.9. The number of aryl methyl sites for hydroxylation is 1. The third-order valence-electron chi connectivity index (χ3n) is 1.98. The van der Waals surface area contributed by atoms with Crippen molar-refractivity contribution in [1.29, 1.82) is 0 Å². The van der Waals surface area contributed by atoms with Gasteiger partial charge in [-0.25, -0.2) is 13.1 Å². The Kier molecular flexibility index (Phi) is 5.20. The molecule has 0 unspecified atom stereocenters. The van der Waals surface area contributed by atoms with Crippen LogP contribution in [-0.4, -0.2) is 26.7 Å². The van der Waals surface area contributed by atoms with Crippen LogP contribution in [0, 0.1) is 6.92 Å². The molecule has 1 rings (SSSR count). The molecule has 7 heteroatoms. The molecule has 0 spiro atoms. The number of rotatable bonds is 6. The van der Waals surface area contributed by atoms with Crippen molar-refractivity contribution in [3.8, 4) is 0 Å². The van der Waals surface area contributed by atoms with Crippen LogP contribution in [0.15, 0.2) is 10.3 Å². The van der Waals surface area contributed by atoms with E-state index in [1.807, 2.05) is 0 Å². The Hall–Kier alpha value is -0.140. The molecular formula is C9H14ClNO3S2. The van der Waals surface area contributed by atoms with Gasteiger partial charge in [-0.3, -0.25) is 0 Å². The van der Waals surface area contributed by atoms with Crippen molar-refractivity contribution in [2.45, 2.75) is 24.0 Å². The van der Waals surface area contributed by atoms with E-state index in [4.69, 9.17) is 16.7 Å². The maximum Gasteiger partial charge on any atom is 0.250 e. The summed E-state index contributed by atoms with van der Waals surface area (Å²) in [4.78, 5) is 0. The van der Waals surface area contributed by atoms with Crippen LogP contribution in [0.5, 0.6) is 0 Å². The zero-order valence-corrected chi connectivity index (χ0v) is 11.3. The second-order valence-corrected chi connectivity index (χ2v) is 7.00. The molecule has 0 aliphatic heterocycles. The molecule has 1 heterocycles. The van der Waals surface area contributed by atoms with Crippen molar-refractivity contribution in [3.05, 3.63) is 16.0 Å². The van der Waals surface area contributed by atoms with Gasteiger partial charge in [0.05, 0.1) is 4.34 Å². The molecule has 0 amide bonds. The second kappa shape index (κ2) is 5.97. The SMILES string of the molecule is Cc1cc(S(=O)(=O)NCCCCO)sc1Cl. The molecule has 2 N–H and O–H groups in total. The van der Waals surface area contributed by atoms with E-state index in [1.54, 1.807) is 13.0 Å². The molecule has 0 radical (unpaired) electrons. The van der Waals surface area contributed by atoms with Gasteiger partial charge in [0.15, 0.2) is 0 Å². The molecule has 92 valence electrons. The average molecular weight is 284 g/mol. The van der Waals surface area contributed by atoms with E-state index in [9.17, 15) is 8.42 Å². The highest BCUT2D eigenvalue weighted by Crippen LogP contribution is 2.29. The molecule has 0 aliphatic rings. The van der Waals surface area contributed by atoms with Crippen LogP contribution in [0.3, 0.4) is 0 Å². The highest BCUT2D eigenvalue weighted by Gasteiger charge is 2.17. The summed E-state index contributed by atoms with van der Waals surface area (Å²) in [6.45, 7) is 2.17. The minimum absolute atomic E-state index is 0.0751. The zero-order valence-electron chi connectivity index (χ0n) is 8.86. The number of thiophene rings is 1. The lowest BCUT2D eigenvalue weighted by Gasteiger charge is -2.03. The van der Waals surface area contributed by atoms with Crippen molar-refractivity contribution in [2.75, 3.05) is 13.2 Å². The Morgan fingerprint density at radius 3 is 2.69 bits per heavy atom. The maximum absolute atomic E-state index is 11.7. The first-order valence-electron chi connectivity index (χ1n) is 4.84. The Bertz CT molecular complexity index is 422. The largest absolute Gasteiger partial charge is 0.396 e. The van der Waals surface area contributed by atoms with Gasteiger partial charge in [-0.15, -0.1) is 11.3 Å². The van der Waals surface area contributed by atoms with Gasteiger partial charge in [-0.1, -0.05) is 11.6 Å². The smallest absolute Gasteiger partial charge is 0.250 e. The van der Waals surface area contributed by atoms with Gasteiger partial charge in [0.25, 0.3) is 0 Å². The van der Waals surface area contributed by atoms with Crippen LogP contribution in [0.4, 0.5) is 0 Å². The van der Waals surface area contributed by atoms with Crippen LogP contribution in [0.25, 0.3) is 0 Å². The Balaban J connectivity index is 2.64. The summed E-state index contributed by atoms with van der Waals surface area (Å²) in [6, 6.07) is 1.56. The molecule has 1 aromatic rings. The molecule has 0 saturated heterocycles. The van der Waals surface area contributed by atoms with Crippen LogP contribution in [-0.2, 0) is 10.0 Å². The summed E-state index contributed by atoms with van der Waals surface area (Å²) in [5, 5.41) is 8.56. The van der Waals surface area contributed by atoms with Gasteiger partial charge in [0.1, 0.15) is 4.21 Å². The molecule has 0 atom stereocenters. The molecule has 16 heavy (non-hydrogen) atoms. The van der Waals surface area contributed by atoms with Crippen LogP contribution in [0.1, 0.15) is 18.4 Å². The van der Waals surface area contributed by atoms with E-state index in [0.717, 1.165) is 16.9 Å². The number of aliphatic hydroxyl groups is 1. The Labute approximate surface area is 104 Å². The molecule has 4 nitrogen and oxygen atoms in total. The standard InChI is InChI=1S/C9H14ClNO3S2/c1-7-6-8(15-9(7)10)16(13,14)11-4-2-3-5-12/h6,11-12H,2-5H2,1H3. The average Bonchev–Trinajstić information content (AvgIpc) is 2.55. The topological polar surface area (TPSA) is 66.4 Å². The molecule has 0 fully saturated rings. The predicted molar refractivity (Wildman–Crippen MR) is 65.6 cm³/mol. The van der Waals surface area contributed by atoms with Crippen molar-refractivity contribution < 1.29 is 13.5 Å². The fourth-order valence-corrected chi connectivity index (χ4v) is 3.90. The van der Waals surface area contributed by atoms with Crippen LogP contribution >= 0.6 is 22.9 Å². The van der Waals surface area contributed by atoms with Crippen molar-refractivity contribution in [3.63, 3.8) is 0 Å². The maximum atomic E-state index is 11.7. The van der Waals surface area contributed by atoms with Gasteiger partial charge < -0.3 is 5.11 Å². The summed E-state index contributed by atoms with van der Waals surface area (Å²) >= 11 is 6.86. The number of unbranched alkanes of at least 4 members (excludes halogenated alkanes) is 1. The quantitative estimate of drug-likeness (QED) is 0.782. The summed E-state index contributed by atoms with van der Waals surface area (Å²) in [5.41, 5.74) is 0.766. The first-order chi connectivity index (χ1) is 7.47. The van der Waals surface area contributed by atoms with Crippen LogP contribution < -0.4 is 4.72 Å². The number of sulfonamides is 1. The number of hydrogen-bond donors (Lipinski definition) is 2. The summed E-state index contributed by atoms with van der Waals surface area (Å²) in [6.07, 6.45) is 1.21. The lowest BCUT2D eigenvalue weighted by molar-refractivity contribution is 0.285. The molecule has 1 aromatic heterocycles. The molecule has 0 aliphatic carbocycles. The Morgan fingerprint density at radius 1 is 1.50 bits per heavy atom. The van der Waals surface area contributed by atoms with Gasteiger partial charge >= 0.3 is 0 Å². The van der Waals surface area contributed by atoms with Gasteiger partial charge in [-0.2, -0.15) is 0 Å². The number of hydrogen-bond acceptors (Lipinski definition) is 4. The minimum Gasteiger partial charge on any atom is -0.396 e. The number of halogens is 1. The summed E-state index contributed by atoms with van der Waals surface area (Å²) in [7, 11) is -3.44. The van der Waals surface area contributed by atoms with Gasteiger partial charge in [-0.05, 0) is 31.4 Å². The molecule has 0 saturated carbocycles. The lowest BCUT2D eigenvalue weighted by atomic mass is 10.3. The molecule has 0 bridgehead atoms. The molecular weight excluding hydrogens is 270 g/mol. The summed E-state index contributed by atoms with van der Waals surface area (Å²) in [5.74, 6) is 0. The number of aliphatic hydroxyl groups excluding tert-OH is 1. The minimum atomic E-state index is -3.44. The second-order valence-electron chi connectivity index (χ2n) is 3.35. The Morgan fingerprint density at radius 2 is 2.19 bits per heavy atom. The summed E-state index contributed by atoms with van der Waals surface area (Å²) < 4.78 is 26.7. The van der Waals surface area contributed by atoms with Crippen molar-refractivity contribution in [2.24, 2.45) is 0 Å². The van der Waals surface area contributed by atoms with Gasteiger partial charge in [0.2, 0.25) is 10.0 Å². The predicted octanol–water partition coefficient (Wildman–Crippen LogP) is 1.76. The van der Waals surface area contributed by atoms with E-state index >= 15 is 0 Å². The van der Waals surface area contributed by atoms with E-state index in [-0.39, 0.29) is 10.8 Å². The van der Waals surface area contributed by atoms with Crippen LogP contribution in [0.2, 0.25) is 4.34 Å². The normalized spacial score (nSPS) is 11.9.